The Labute approximate surface area is 106 Å². The fourth-order valence-electron chi connectivity index (χ4n) is 1.18. The molecule has 2 rings (SSSR count). The molecule has 88 valence electrons. The normalized spacial score (nSPS) is 10.4. The van der Waals surface area contributed by atoms with Crippen LogP contribution in [-0.4, -0.2) is 4.92 Å². The maximum atomic E-state index is 10.4. The lowest BCUT2D eigenvalue weighted by atomic mass is 10.3. The van der Waals surface area contributed by atoms with Gasteiger partial charge in [-0.2, -0.15) is 5.26 Å². The number of rotatable bonds is 3. The van der Waals surface area contributed by atoms with Crippen LogP contribution in [0, 0.1) is 21.4 Å². The molecule has 0 radical (unpaired) electrons. The molecule has 0 saturated carbocycles. The van der Waals surface area contributed by atoms with Crippen molar-refractivity contribution in [2.75, 3.05) is 0 Å². The number of non-ortho nitro benzene ring substituents is 1. The number of hydrogen-bond donors (Lipinski definition) is 0. The van der Waals surface area contributed by atoms with Crippen molar-refractivity contribution < 1.29 is 4.92 Å². The molecule has 0 saturated heterocycles. The van der Waals surface area contributed by atoms with Crippen LogP contribution in [0.4, 0.5) is 16.4 Å². The third-order valence-corrected chi connectivity index (χ3v) is 2.85. The number of nitrogens with zero attached hydrogens (tertiary/aromatic N) is 4. The van der Waals surface area contributed by atoms with Crippen molar-refractivity contribution in [1.29, 1.82) is 5.26 Å². The molecule has 6 nitrogen and oxygen atoms in total. The van der Waals surface area contributed by atoms with Gasteiger partial charge in [-0.15, -0.1) is 21.6 Å². The molecule has 0 atom stereocenters. The monoisotopic (exact) mass is 258 g/mol. The number of nitro benzene ring substituents is 1. The van der Waals surface area contributed by atoms with E-state index in [-0.39, 0.29) is 5.69 Å². The fourth-order valence-corrected chi connectivity index (χ4v) is 1.84. The van der Waals surface area contributed by atoms with Gasteiger partial charge >= 0.3 is 0 Å². The van der Waals surface area contributed by atoms with Crippen LogP contribution in [0.3, 0.4) is 0 Å². The van der Waals surface area contributed by atoms with Gasteiger partial charge in [-0.25, -0.2) is 0 Å². The van der Waals surface area contributed by atoms with E-state index in [0.717, 1.165) is 0 Å². The van der Waals surface area contributed by atoms with Crippen molar-refractivity contribution in [3.05, 3.63) is 51.4 Å². The van der Waals surface area contributed by atoms with Crippen LogP contribution < -0.4 is 0 Å². The highest BCUT2D eigenvalue weighted by Crippen LogP contribution is 2.26. The number of nitro groups is 1. The maximum Gasteiger partial charge on any atom is 0.269 e. The number of nitriles is 1. The SMILES string of the molecule is N#Cc1csc(N=Nc2ccc([N+](=O)[O-])cc2)c1. The van der Waals surface area contributed by atoms with Crippen LogP contribution in [0.25, 0.3) is 0 Å². The zero-order valence-corrected chi connectivity index (χ0v) is 9.79. The summed E-state index contributed by atoms with van der Waals surface area (Å²) in [5.74, 6) is 0. The summed E-state index contributed by atoms with van der Waals surface area (Å²) in [7, 11) is 0. The second kappa shape index (κ2) is 5.16. The Morgan fingerprint density at radius 1 is 1.28 bits per heavy atom. The Balaban J connectivity index is 2.14. The predicted molar refractivity (Wildman–Crippen MR) is 66.3 cm³/mol. The molecule has 0 amide bonds. The van der Waals surface area contributed by atoms with Gasteiger partial charge in [0, 0.05) is 17.5 Å². The van der Waals surface area contributed by atoms with Crippen LogP contribution in [0.15, 0.2) is 45.9 Å². The maximum absolute atomic E-state index is 10.4. The Bertz CT molecular complexity index is 640. The van der Waals surface area contributed by atoms with Gasteiger partial charge in [0.05, 0.1) is 16.2 Å². The van der Waals surface area contributed by atoms with E-state index in [4.69, 9.17) is 5.26 Å². The standard InChI is InChI=1S/C11H6N4O2S/c12-6-8-5-11(18-7-8)14-13-9-1-3-10(4-2-9)15(16)17/h1-5,7H. The summed E-state index contributed by atoms with van der Waals surface area (Å²) in [5.41, 5.74) is 1.07. The van der Waals surface area contributed by atoms with Crippen LogP contribution in [-0.2, 0) is 0 Å². The molecule has 2 aromatic rings. The molecule has 7 heteroatoms. The van der Waals surface area contributed by atoms with Crippen LogP contribution in [0.2, 0.25) is 0 Å². The second-order valence-electron chi connectivity index (χ2n) is 3.26. The van der Waals surface area contributed by atoms with Gasteiger partial charge in [0.2, 0.25) is 0 Å². The van der Waals surface area contributed by atoms with Gasteiger partial charge in [0.1, 0.15) is 11.1 Å². The molecule has 0 aliphatic carbocycles. The van der Waals surface area contributed by atoms with Crippen LogP contribution in [0.1, 0.15) is 5.56 Å². The van der Waals surface area contributed by atoms with E-state index < -0.39 is 4.92 Å². The van der Waals surface area contributed by atoms with Crippen molar-refractivity contribution in [3.63, 3.8) is 0 Å². The van der Waals surface area contributed by atoms with Crippen molar-refractivity contribution >= 4 is 27.7 Å². The summed E-state index contributed by atoms with van der Waals surface area (Å²) in [5, 5.41) is 29.3. The molecule has 0 unspecified atom stereocenters. The van der Waals surface area contributed by atoms with Crippen molar-refractivity contribution in [2.45, 2.75) is 0 Å². The Morgan fingerprint density at radius 2 is 2.00 bits per heavy atom. The number of benzene rings is 1. The van der Waals surface area contributed by atoms with Crippen LogP contribution >= 0.6 is 11.3 Å². The number of hydrogen-bond acceptors (Lipinski definition) is 6. The van der Waals surface area contributed by atoms with E-state index in [1.54, 1.807) is 11.4 Å². The predicted octanol–water partition coefficient (Wildman–Crippen LogP) is 3.94. The summed E-state index contributed by atoms with van der Waals surface area (Å²) < 4.78 is 0. The molecule has 0 N–H and O–H groups in total. The lowest BCUT2D eigenvalue weighted by molar-refractivity contribution is -0.384. The molecule has 1 heterocycles. The summed E-state index contributed by atoms with van der Waals surface area (Å²) >= 11 is 1.31. The zero-order valence-electron chi connectivity index (χ0n) is 8.98. The smallest absolute Gasteiger partial charge is 0.258 e. The van der Waals surface area contributed by atoms with E-state index in [9.17, 15) is 10.1 Å². The van der Waals surface area contributed by atoms with E-state index in [0.29, 0.717) is 16.3 Å². The van der Waals surface area contributed by atoms with Crippen molar-refractivity contribution in [2.24, 2.45) is 10.2 Å². The minimum Gasteiger partial charge on any atom is -0.258 e. The first-order valence-corrected chi connectivity index (χ1v) is 5.72. The average molecular weight is 258 g/mol. The molecule has 0 fully saturated rings. The lowest BCUT2D eigenvalue weighted by Gasteiger charge is -1.91. The van der Waals surface area contributed by atoms with Gasteiger partial charge in [-0.3, -0.25) is 10.1 Å². The van der Waals surface area contributed by atoms with E-state index in [1.807, 2.05) is 6.07 Å². The van der Waals surface area contributed by atoms with Crippen LogP contribution in [0.5, 0.6) is 0 Å². The third-order valence-electron chi connectivity index (χ3n) is 2.04. The summed E-state index contributed by atoms with van der Waals surface area (Å²) in [6.07, 6.45) is 0. The summed E-state index contributed by atoms with van der Waals surface area (Å²) in [6, 6.07) is 9.38. The molecule has 1 aromatic carbocycles. The van der Waals surface area contributed by atoms with Gasteiger partial charge < -0.3 is 0 Å². The van der Waals surface area contributed by atoms with Crippen molar-refractivity contribution in [3.8, 4) is 6.07 Å². The molecule has 1 aromatic heterocycles. The molecule has 0 spiro atoms. The van der Waals surface area contributed by atoms with E-state index in [2.05, 4.69) is 10.2 Å². The summed E-state index contributed by atoms with van der Waals surface area (Å²) in [4.78, 5) is 9.98. The lowest BCUT2D eigenvalue weighted by Crippen LogP contribution is -1.85. The highest BCUT2D eigenvalue weighted by atomic mass is 32.1. The molecular weight excluding hydrogens is 252 g/mol. The van der Waals surface area contributed by atoms with E-state index >= 15 is 0 Å². The Kier molecular flexibility index (Phi) is 3.41. The molecule has 0 bridgehead atoms. The molecular formula is C11H6N4O2S. The minimum absolute atomic E-state index is 0.0110. The molecule has 0 aliphatic heterocycles. The molecule has 0 aliphatic rings. The highest BCUT2D eigenvalue weighted by Gasteiger charge is 2.03. The highest BCUT2D eigenvalue weighted by molar-refractivity contribution is 7.14. The fraction of sp³-hybridized carbons (Fsp3) is 0. The first-order chi connectivity index (χ1) is 8.69. The van der Waals surface area contributed by atoms with Gasteiger partial charge in [0.25, 0.3) is 5.69 Å². The second-order valence-corrected chi connectivity index (χ2v) is 4.15. The first-order valence-electron chi connectivity index (χ1n) is 4.84. The quantitative estimate of drug-likeness (QED) is 0.474. The van der Waals surface area contributed by atoms with Crippen molar-refractivity contribution in [1.82, 2.24) is 0 Å². The number of thiophene rings is 1. The Morgan fingerprint density at radius 3 is 2.56 bits per heavy atom. The molecule has 18 heavy (non-hydrogen) atoms. The average Bonchev–Trinajstić information content (AvgIpc) is 2.85. The van der Waals surface area contributed by atoms with E-state index in [1.165, 1.54) is 35.6 Å². The third kappa shape index (κ3) is 2.75. The minimum atomic E-state index is -0.473. The van der Waals surface area contributed by atoms with Gasteiger partial charge in [-0.1, -0.05) is 0 Å². The summed E-state index contributed by atoms with van der Waals surface area (Å²) in [6.45, 7) is 0. The first kappa shape index (κ1) is 11.9. The zero-order chi connectivity index (χ0) is 13.0. The largest absolute Gasteiger partial charge is 0.269 e. The number of azo groups is 1. The topological polar surface area (TPSA) is 91.7 Å². The van der Waals surface area contributed by atoms with Gasteiger partial charge in [-0.05, 0) is 18.2 Å². The van der Waals surface area contributed by atoms with Gasteiger partial charge in [0.15, 0.2) is 0 Å². The Hall–Kier alpha value is -2.59.